The molecule has 0 fully saturated rings. The molecular weight excluding hydrogens is 913 g/mol. The monoisotopic (exact) mass is 960 g/mol. The summed E-state index contributed by atoms with van der Waals surface area (Å²) in [5.41, 5.74) is 1.47. The van der Waals surface area contributed by atoms with Crippen LogP contribution in [0.1, 0.15) is 30.7 Å². The number of nitrogens with one attached hydrogen (secondary N) is 8. The first-order valence-electron chi connectivity index (χ1n) is 21.5. The molecule has 0 aliphatic rings. The van der Waals surface area contributed by atoms with E-state index in [2.05, 4.69) is 82.3 Å². The minimum Gasteiger partial charge on any atom is -0.497 e. The summed E-state index contributed by atoms with van der Waals surface area (Å²) in [6.07, 6.45) is 6.77. The third-order valence-electron chi connectivity index (χ3n) is 10.3. The van der Waals surface area contributed by atoms with Crippen molar-refractivity contribution in [3.63, 3.8) is 0 Å². The minimum atomic E-state index is -1.35. The van der Waals surface area contributed by atoms with Crippen molar-refractivity contribution in [2.75, 3.05) is 62.0 Å². The number of carbonyl (C=O) groups excluding carboxylic acids is 2. The summed E-state index contributed by atoms with van der Waals surface area (Å²) < 4.78 is 10.4. The van der Waals surface area contributed by atoms with E-state index in [-0.39, 0.29) is 42.0 Å². The van der Waals surface area contributed by atoms with E-state index in [1.807, 2.05) is 49.6 Å². The SMILES string of the molecule is COc1ccc(-c2noc(CCC(=O)NCCCNc3n[nH]c(=O)c4cccc(C)c34)n2)cc1.CSc1ccnc2c(=O)[nH]nc(NCC(O)C(=O)NCCCNc3n[nH]c(=O)c4nccnc34)c12. The van der Waals surface area contributed by atoms with E-state index < -0.39 is 23.1 Å². The number of H-pyrrole nitrogens is 3. The molecule has 1 atom stereocenters. The predicted octanol–water partition coefficient (Wildman–Crippen LogP) is 2.30. The van der Waals surface area contributed by atoms with Gasteiger partial charge in [-0.1, -0.05) is 17.3 Å². The van der Waals surface area contributed by atoms with Crippen LogP contribution in [0.5, 0.6) is 5.75 Å². The summed E-state index contributed by atoms with van der Waals surface area (Å²) in [4.78, 5) is 77.5. The highest BCUT2D eigenvalue weighted by atomic mass is 32.2. The van der Waals surface area contributed by atoms with Crippen LogP contribution in [0.4, 0.5) is 17.5 Å². The van der Waals surface area contributed by atoms with Crippen molar-refractivity contribution in [2.24, 2.45) is 0 Å². The molecule has 25 heteroatoms. The van der Waals surface area contributed by atoms with Gasteiger partial charge in [-0.15, -0.1) is 11.8 Å². The normalized spacial score (nSPS) is 11.4. The molecule has 0 spiro atoms. The van der Waals surface area contributed by atoms with E-state index in [0.29, 0.717) is 84.4 Å². The Balaban J connectivity index is 0.000000204. The number of aromatic amines is 3. The molecule has 1 unspecified atom stereocenters. The van der Waals surface area contributed by atoms with Crippen molar-refractivity contribution in [3.05, 3.63) is 110 Å². The van der Waals surface area contributed by atoms with Gasteiger partial charge in [-0.05, 0) is 68.0 Å². The summed E-state index contributed by atoms with van der Waals surface area (Å²) in [6, 6.07) is 14.7. The highest BCUT2D eigenvalue weighted by Crippen LogP contribution is 2.28. The fourth-order valence-electron chi connectivity index (χ4n) is 6.85. The molecule has 358 valence electrons. The van der Waals surface area contributed by atoms with Crippen molar-refractivity contribution < 1.29 is 24.0 Å². The smallest absolute Gasteiger partial charge is 0.292 e. The second-order valence-corrected chi connectivity index (χ2v) is 15.9. The Morgan fingerprint density at radius 1 is 0.754 bits per heavy atom. The Morgan fingerprint density at radius 2 is 1.41 bits per heavy atom. The van der Waals surface area contributed by atoms with Gasteiger partial charge >= 0.3 is 0 Å². The van der Waals surface area contributed by atoms with Gasteiger partial charge in [0.2, 0.25) is 17.6 Å². The third-order valence-corrected chi connectivity index (χ3v) is 11.1. The summed E-state index contributed by atoms with van der Waals surface area (Å²) in [5.74, 6) is 2.30. The summed E-state index contributed by atoms with van der Waals surface area (Å²) in [7, 11) is 1.61. The van der Waals surface area contributed by atoms with Gasteiger partial charge < -0.3 is 41.0 Å². The zero-order valence-corrected chi connectivity index (χ0v) is 38.4. The lowest BCUT2D eigenvalue weighted by Crippen LogP contribution is -2.39. The summed E-state index contributed by atoms with van der Waals surface area (Å²) in [6.45, 7) is 3.64. The van der Waals surface area contributed by atoms with Crippen LogP contribution in [0.2, 0.25) is 0 Å². The topological polar surface area (TPSA) is 339 Å². The number of methoxy groups -OCH3 is 1. The molecule has 6 heterocycles. The molecule has 24 nitrogen and oxygen atoms in total. The van der Waals surface area contributed by atoms with Gasteiger partial charge in [-0.25, -0.2) is 25.3 Å². The van der Waals surface area contributed by atoms with Gasteiger partial charge in [0, 0.05) is 73.5 Å². The molecule has 0 aliphatic carbocycles. The van der Waals surface area contributed by atoms with E-state index in [1.165, 1.54) is 30.4 Å². The van der Waals surface area contributed by atoms with Crippen molar-refractivity contribution in [2.45, 2.75) is 43.6 Å². The number of pyridine rings is 1. The van der Waals surface area contributed by atoms with Crippen molar-refractivity contribution >= 4 is 73.7 Å². The molecule has 8 aromatic rings. The van der Waals surface area contributed by atoms with Crippen LogP contribution in [0.25, 0.3) is 44.1 Å². The van der Waals surface area contributed by atoms with E-state index >= 15 is 0 Å². The van der Waals surface area contributed by atoms with Crippen LogP contribution >= 0.6 is 11.8 Å². The fraction of sp³-hybridized carbons (Fsp3) is 0.295. The van der Waals surface area contributed by atoms with Crippen molar-refractivity contribution in [1.29, 1.82) is 0 Å². The van der Waals surface area contributed by atoms with Gasteiger partial charge in [0.15, 0.2) is 23.0 Å². The first-order chi connectivity index (χ1) is 33.5. The quantitative estimate of drug-likeness (QED) is 0.0391. The first kappa shape index (κ1) is 48.6. The largest absolute Gasteiger partial charge is 0.497 e. The Kier molecular flexibility index (Phi) is 16.5. The van der Waals surface area contributed by atoms with Gasteiger partial charge in [-0.2, -0.15) is 20.3 Å². The van der Waals surface area contributed by atoms with Gasteiger partial charge in [0.05, 0.1) is 24.4 Å². The highest BCUT2D eigenvalue weighted by molar-refractivity contribution is 7.98. The van der Waals surface area contributed by atoms with Crippen LogP contribution in [-0.2, 0) is 16.0 Å². The number of hydrogen-bond acceptors (Lipinski definition) is 20. The van der Waals surface area contributed by atoms with E-state index in [0.717, 1.165) is 27.2 Å². The zero-order chi connectivity index (χ0) is 48.7. The molecule has 2 amide bonds. The molecule has 0 radical (unpaired) electrons. The Hall–Kier alpha value is -8.32. The molecule has 6 aromatic heterocycles. The predicted molar refractivity (Wildman–Crippen MR) is 258 cm³/mol. The van der Waals surface area contributed by atoms with Crippen LogP contribution in [0, 0.1) is 6.92 Å². The van der Waals surface area contributed by atoms with Crippen molar-refractivity contribution in [3.8, 4) is 17.1 Å². The van der Waals surface area contributed by atoms with Crippen LogP contribution < -0.4 is 48.0 Å². The first-order valence-corrected chi connectivity index (χ1v) is 22.8. The number of aliphatic hydroxyl groups is 1. The maximum atomic E-state index is 12.3. The third kappa shape index (κ3) is 12.4. The molecule has 9 N–H and O–H groups in total. The number of rotatable bonds is 20. The summed E-state index contributed by atoms with van der Waals surface area (Å²) >= 11 is 1.43. The number of nitrogens with zero attached hydrogens (tertiary/aromatic N) is 8. The number of amides is 2. The average molecular weight is 961 g/mol. The van der Waals surface area contributed by atoms with Crippen LogP contribution in [0.15, 0.2) is 90.9 Å². The Labute approximate surface area is 395 Å². The zero-order valence-electron chi connectivity index (χ0n) is 37.6. The fourth-order valence-corrected chi connectivity index (χ4v) is 7.44. The number of aromatic nitrogens is 11. The number of hydrogen-bond donors (Lipinski definition) is 9. The minimum absolute atomic E-state index is 0.0901. The molecular formula is C44H48N16O8S. The summed E-state index contributed by atoms with van der Waals surface area (Å²) in [5, 5.41) is 50.2. The molecule has 8 rings (SSSR count). The number of carbonyl (C=O) groups is 2. The second-order valence-electron chi connectivity index (χ2n) is 15.0. The van der Waals surface area contributed by atoms with Crippen LogP contribution in [0.3, 0.4) is 0 Å². The lowest BCUT2D eigenvalue weighted by molar-refractivity contribution is -0.128. The Morgan fingerprint density at radius 3 is 2.14 bits per heavy atom. The second kappa shape index (κ2) is 23.4. The Bertz CT molecular complexity index is 3230. The maximum absolute atomic E-state index is 12.3. The van der Waals surface area contributed by atoms with Gasteiger partial charge in [-0.3, -0.25) is 29.0 Å². The van der Waals surface area contributed by atoms with E-state index in [9.17, 15) is 29.1 Å². The molecule has 69 heavy (non-hydrogen) atoms. The van der Waals surface area contributed by atoms with E-state index in [4.69, 9.17) is 9.26 Å². The van der Waals surface area contributed by atoms with Gasteiger partial charge in [0.1, 0.15) is 22.9 Å². The highest BCUT2D eigenvalue weighted by Gasteiger charge is 2.18. The number of anilines is 3. The molecule has 0 saturated heterocycles. The average Bonchev–Trinajstić information content (AvgIpc) is 3.86. The van der Waals surface area contributed by atoms with Gasteiger partial charge in [0.25, 0.3) is 22.6 Å². The molecule has 2 aromatic carbocycles. The van der Waals surface area contributed by atoms with Crippen LogP contribution in [-0.4, -0.2) is 125 Å². The van der Waals surface area contributed by atoms with Crippen molar-refractivity contribution in [1.82, 2.24) is 66.3 Å². The molecule has 0 aliphatic heterocycles. The standard InChI is InChI=1S/C24H26N6O4.C20H22N10O4S/c1-15-5-3-6-18-21(15)23(28-29-24(18)32)26-14-4-13-25-19(31)11-12-20-27-22(30-34-20)16-7-9-17(33-2)10-8-16;1-35-11-3-6-21-13-12(11)16(27-29-19(13)33)26-9-10(31)18(32)25-5-2-4-24-17-14-15(20(34)30-28-17)23-8-7-22-14/h3,5-10H,4,11-14H2,1-2H3,(H,25,31)(H,26,28)(H,29,32);3,6-8,10,31H,2,4-5,9H2,1H3,(H,24,28)(H,25,32)(H,26,27)(H,29,33)(H,30,34). The maximum Gasteiger partial charge on any atom is 0.292 e. The lowest BCUT2D eigenvalue weighted by atomic mass is 10.1. The number of ether oxygens (including phenoxy) is 1. The number of fused-ring (bicyclic) bond motifs is 3. The number of thioether (sulfide) groups is 1. The molecule has 0 bridgehead atoms. The number of aryl methyl sites for hydroxylation is 2. The lowest BCUT2D eigenvalue weighted by Gasteiger charge is -2.14. The van der Waals surface area contributed by atoms with E-state index in [1.54, 1.807) is 19.2 Å². The molecule has 0 saturated carbocycles. The number of aliphatic hydroxyl groups excluding tert-OH is 1. The number of benzene rings is 2.